The van der Waals surface area contributed by atoms with Crippen molar-refractivity contribution >= 4 is 15.5 Å². The van der Waals surface area contributed by atoms with Crippen molar-refractivity contribution in [3.8, 4) is 0 Å². The maximum Gasteiger partial charge on any atom is 0.391 e. The standard InChI is InChI=1S/C25H30F4N2O2S/c1-34(32,33)23-7-3-6-22(15-23)30-12-13-31(24(17-30)19-8-10-21(26)11-9-19)16-18-4-2-5-20(14-18)25(27,28)29/h3,6-11,15,18,20,24H,2,4-5,12-14,16-17H2,1H3/t18-,20-,24-/m1/s1. The number of halogens is 4. The Morgan fingerprint density at radius 1 is 1.03 bits per heavy atom. The van der Waals surface area contributed by atoms with Gasteiger partial charge in [0, 0.05) is 38.1 Å². The number of benzene rings is 2. The third-order valence-corrected chi connectivity index (χ3v) is 8.21. The number of hydrogen-bond acceptors (Lipinski definition) is 4. The maximum absolute atomic E-state index is 13.6. The van der Waals surface area contributed by atoms with Gasteiger partial charge in [0.2, 0.25) is 0 Å². The molecule has 2 aliphatic rings. The highest BCUT2D eigenvalue weighted by Crippen LogP contribution is 2.41. The second-order valence-corrected chi connectivity index (χ2v) is 11.6. The fourth-order valence-corrected chi connectivity index (χ4v) is 5.93. The van der Waals surface area contributed by atoms with Gasteiger partial charge in [0.1, 0.15) is 5.82 Å². The SMILES string of the molecule is CS(=O)(=O)c1cccc(N2CCN(C[C@@H]3CCC[C@@H](C(F)(F)F)C3)[C@@H](c3ccc(F)cc3)C2)c1. The summed E-state index contributed by atoms with van der Waals surface area (Å²) in [6, 6.07) is 12.9. The average Bonchev–Trinajstić information content (AvgIpc) is 2.79. The second kappa shape index (κ2) is 9.85. The third kappa shape index (κ3) is 5.92. The summed E-state index contributed by atoms with van der Waals surface area (Å²) in [6.45, 7) is 2.35. The first-order valence-electron chi connectivity index (χ1n) is 11.6. The molecular weight excluding hydrogens is 468 g/mol. The second-order valence-electron chi connectivity index (χ2n) is 9.55. The van der Waals surface area contributed by atoms with Gasteiger partial charge in [0.05, 0.1) is 16.9 Å². The van der Waals surface area contributed by atoms with Crippen LogP contribution in [0, 0.1) is 17.7 Å². The van der Waals surface area contributed by atoms with Crippen LogP contribution in [0.2, 0.25) is 0 Å². The first-order valence-corrected chi connectivity index (χ1v) is 13.5. The Morgan fingerprint density at radius 2 is 1.76 bits per heavy atom. The minimum atomic E-state index is -4.15. The molecule has 1 heterocycles. The van der Waals surface area contributed by atoms with Crippen LogP contribution in [-0.2, 0) is 9.84 Å². The van der Waals surface area contributed by atoms with E-state index in [1.165, 1.54) is 18.4 Å². The van der Waals surface area contributed by atoms with Gasteiger partial charge in [-0.1, -0.05) is 24.6 Å². The van der Waals surface area contributed by atoms with Gasteiger partial charge in [-0.25, -0.2) is 12.8 Å². The molecule has 0 unspecified atom stereocenters. The van der Waals surface area contributed by atoms with Crippen LogP contribution in [0.3, 0.4) is 0 Å². The van der Waals surface area contributed by atoms with Crippen molar-refractivity contribution in [2.75, 3.05) is 37.3 Å². The number of piperazine rings is 1. The topological polar surface area (TPSA) is 40.6 Å². The molecule has 0 N–H and O–H groups in total. The molecule has 2 aromatic rings. The summed E-state index contributed by atoms with van der Waals surface area (Å²) in [5.41, 5.74) is 1.68. The number of hydrogen-bond donors (Lipinski definition) is 0. The monoisotopic (exact) mass is 498 g/mol. The van der Waals surface area contributed by atoms with Crippen LogP contribution in [0.25, 0.3) is 0 Å². The van der Waals surface area contributed by atoms with Crippen LogP contribution in [0.4, 0.5) is 23.2 Å². The Kier molecular flexibility index (Phi) is 7.24. The predicted octanol–water partition coefficient (Wildman–Crippen LogP) is 5.46. The maximum atomic E-state index is 13.6. The molecule has 1 saturated carbocycles. The van der Waals surface area contributed by atoms with Gasteiger partial charge in [0.15, 0.2) is 9.84 Å². The van der Waals surface area contributed by atoms with E-state index in [-0.39, 0.29) is 35.5 Å². The van der Waals surface area contributed by atoms with Crippen LogP contribution >= 0.6 is 0 Å². The molecule has 0 amide bonds. The summed E-state index contributed by atoms with van der Waals surface area (Å²) < 4.78 is 77.6. The lowest BCUT2D eigenvalue weighted by molar-refractivity contribution is -0.186. The van der Waals surface area contributed by atoms with Crippen LogP contribution in [0.1, 0.15) is 37.3 Å². The lowest BCUT2D eigenvalue weighted by atomic mass is 9.80. The van der Waals surface area contributed by atoms with E-state index in [1.807, 2.05) is 6.07 Å². The molecule has 0 aromatic heterocycles. The Balaban J connectivity index is 1.56. The van der Waals surface area contributed by atoms with E-state index in [1.54, 1.807) is 30.3 Å². The quantitative estimate of drug-likeness (QED) is 0.514. The van der Waals surface area contributed by atoms with Gasteiger partial charge in [-0.2, -0.15) is 13.2 Å². The van der Waals surface area contributed by atoms with Gasteiger partial charge in [-0.3, -0.25) is 4.90 Å². The van der Waals surface area contributed by atoms with Crippen molar-refractivity contribution in [2.24, 2.45) is 11.8 Å². The van der Waals surface area contributed by atoms with E-state index in [0.717, 1.165) is 17.7 Å². The fraction of sp³-hybridized carbons (Fsp3) is 0.520. The minimum absolute atomic E-state index is 0.0385. The van der Waals surface area contributed by atoms with Crippen LogP contribution in [-0.4, -0.2) is 51.9 Å². The molecule has 1 aliphatic heterocycles. The first-order chi connectivity index (χ1) is 16.0. The Hall–Kier alpha value is -2.13. The third-order valence-electron chi connectivity index (χ3n) is 7.10. The molecular formula is C25H30F4N2O2S. The summed E-state index contributed by atoms with van der Waals surface area (Å²) in [6.07, 6.45) is -1.28. The molecule has 3 atom stereocenters. The Morgan fingerprint density at radius 3 is 2.44 bits per heavy atom. The highest BCUT2D eigenvalue weighted by atomic mass is 32.2. The molecule has 186 valence electrons. The van der Waals surface area contributed by atoms with E-state index in [0.29, 0.717) is 32.6 Å². The molecule has 2 aromatic carbocycles. The summed E-state index contributed by atoms with van der Waals surface area (Å²) in [5.74, 6) is -1.62. The molecule has 1 aliphatic carbocycles. The normalized spacial score (nSPS) is 24.9. The van der Waals surface area contributed by atoms with E-state index in [9.17, 15) is 26.0 Å². The molecule has 0 radical (unpaired) electrons. The number of nitrogens with zero attached hydrogens (tertiary/aromatic N) is 2. The average molecular weight is 499 g/mol. The molecule has 4 rings (SSSR count). The summed E-state index contributed by atoms with van der Waals surface area (Å²) in [7, 11) is -3.35. The zero-order valence-corrected chi connectivity index (χ0v) is 20.0. The molecule has 9 heteroatoms. The zero-order valence-electron chi connectivity index (χ0n) is 19.1. The van der Waals surface area contributed by atoms with Crippen molar-refractivity contribution < 1.29 is 26.0 Å². The van der Waals surface area contributed by atoms with Gasteiger partial charge in [0.25, 0.3) is 0 Å². The van der Waals surface area contributed by atoms with Crippen molar-refractivity contribution in [3.05, 3.63) is 59.9 Å². The first kappa shape index (κ1) is 25.0. The molecule has 34 heavy (non-hydrogen) atoms. The van der Waals surface area contributed by atoms with E-state index in [4.69, 9.17) is 0 Å². The smallest absolute Gasteiger partial charge is 0.368 e. The van der Waals surface area contributed by atoms with Gasteiger partial charge >= 0.3 is 6.18 Å². The van der Waals surface area contributed by atoms with Crippen LogP contribution < -0.4 is 4.90 Å². The number of anilines is 1. The summed E-state index contributed by atoms with van der Waals surface area (Å²) in [5, 5.41) is 0. The molecule has 1 saturated heterocycles. The number of sulfone groups is 1. The summed E-state index contributed by atoms with van der Waals surface area (Å²) in [4.78, 5) is 4.55. The minimum Gasteiger partial charge on any atom is -0.368 e. The lowest BCUT2D eigenvalue weighted by Crippen LogP contribution is -2.50. The highest BCUT2D eigenvalue weighted by molar-refractivity contribution is 7.90. The van der Waals surface area contributed by atoms with Crippen LogP contribution in [0.5, 0.6) is 0 Å². The van der Waals surface area contributed by atoms with Crippen molar-refractivity contribution in [3.63, 3.8) is 0 Å². The zero-order chi connectivity index (χ0) is 24.5. The molecule has 0 bridgehead atoms. The number of rotatable bonds is 5. The largest absolute Gasteiger partial charge is 0.391 e. The van der Waals surface area contributed by atoms with Gasteiger partial charge in [-0.05, 0) is 61.1 Å². The van der Waals surface area contributed by atoms with E-state index < -0.39 is 21.9 Å². The Labute approximate surface area is 198 Å². The fourth-order valence-electron chi connectivity index (χ4n) is 5.27. The highest BCUT2D eigenvalue weighted by Gasteiger charge is 2.43. The number of alkyl halides is 3. The van der Waals surface area contributed by atoms with Gasteiger partial charge in [-0.15, -0.1) is 0 Å². The molecule has 2 fully saturated rings. The van der Waals surface area contributed by atoms with Crippen molar-refractivity contribution in [1.82, 2.24) is 4.90 Å². The summed E-state index contributed by atoms with van der Waals surface area (Å²) >= 11 is 0. The van der Waals surface area contributed by atoms with E-state index in [2.05, 4.69) is 9.80 Å². The van der Waals surface area contributed by atoms with Crippen molar-refractivity contribution in [1.29, 1.82) is 0 Å². The van der Waals surface area contributed by atoms with Gasteiger partial charge < -0.3 is 4.90 Å². The lowest BCUT2D eigenvalue weighted by Gasteiger charge is -2.45. The van der Waals surface area contributed by atoms with Crippen molar-refractivity contribution in [2.45, 2.75) is 42.8 Å². The Bertz CT molecular complexity index is 1090. The van der Waals surface area contributed by atoms with E-state index >= 15 is 0 Å². The molecule has 4 nitrogen and oxygen atoms in total. The van der Waals surface area contributed by atoms with Crippen LogP contribution in [0.15, 0.2) is 53.4 Å². The predicted molar refractivity (Wildman–Crippen MR) is 124 cm³/mol. The molecule has 0 spiro atoms.